The Labute approximate surface area is 410 Å². The summed E-state index contributed by atoms with van der Waals surface area (Å²) in [5, 5.41) is 123. The molecule has 28 heteroatoms. The van der Waals surface area contributed by atoms with Gasteiger partial charge in [-0.25, -0.2) is 0 Å². The Bertz CT molecular complexity index is 1570. The predicted molar refractivity (Wildman–Crippen MR) is 237 cm³/mol. The van der Waals surface area contributed by atoms with Crippen molar-refractivity contribution < 1.29 is 118 Å². The number of carbonyl (C=O) groups excluding carboxylic acids is 5. The van der Waals surface area contributed by atoms with E-state index in [-0.39, 0.29) is 57.1 Å². The van der Waals surface area contributed by atoms with Gasteiger partial charge in [-0.3, -0.25) is 14.4 Å². The van der Waals surface area contributed by atoms with E-state index >= 15 is 0 Å². The maximum absolute atomic E-state index is 12.3. The van der Waals surface area contributed by atoms with Crippen LogP contribution in [0.5, 0.6) is 0 Å². The molecule has 4 saturated heterocycles. The summed E-state index contributed by atoms with van der Waals surface area (Å²) < 4.78 is 43.7. The zero-order valence-electron chi connectivity index (χ0n) is 39.9. The van der Waals surface area contributed by atoms with Gasteiger partial charge in [-0.15, -0.1) is 0 Å². The maximum Gasteiger partial charge on any atom is 0.220 e. The molecule has 412 valence electrons. The molecule has 0 aromatic rings. The standard InChI is InChI=1S/C31H52N2O20.C12H24N2O4/c1-13(37)7-14(9-34)8-19(39)32-4-2-3-18(38)33-5-6-48-30-27(47)28(53-31-26(46)24(44)21(41)16(11-36)51-31)22(42)17(52-30)12-49-29-25(45)23(43)20(40)15(10-35)50-29;1-13-6-2-5-11(16)14-7-9-18-12-10(15)4-3-8-17-12/h9,14-17,20-31,35-36,40-47H,2-8,10-12H2,1H3,(H,32,39)(H,33,38);10,12-13,15H,2-9H2,1H3,(H,14,16)/t14?,15?,16?,17?,20-,21-,22-,23?,24?,25?,26?,27?,28?,29+,30+,31-;/m1./s1. The van der Waals surface area contributed by atoms with Crippen LogP contribution < -0.4 is 21.3 Å². The van der Waals surface area contributed by atoms with Crippen LogP contribution in [0.25, 0.3) is 0 Å². The zero-order chi connectivity index (χ0) is 52.6. The molecule has 4 fully saturated rings. The lowest BCUT2D eigenvalue weighted by atomic mass is 9.96. The number of carbonyl (C=O) groups is 5. The normalized spacial score (nSPS) is 34.5. The summed E-state index contributed by atoms with van der Waals surface area (Å²) in [7, 11) is 1.86. The minimum Gasteiger partial charge on any atom is -0.394 e. The van der Waals surface area contributed by atoms with E-state index < -0.39 is 142 Å². The molecule has 0 aromatic heterocycles. The Kier molecular flexibility index (Phi) is 28.9. The van der Waals surface area contributed by atoms with E-state index in [2.05, 4.69) is 21.3 Å². The molecule has 4 heterocycles. The molecular weight excluding hydrogens is 956 g/mol. The summed E-state index contributed by atoms with van der Waals surface area (Å²) in [4.78, 5) is 57.9. The fourth-order valence-electron chi connectivity index (χ4n) is 7.62. The van der Waals surface area contributed by atoms with Gasteiger partial charge in [0.25, 0.3) is 0 Å². The number of aldehydes is 1. The van der Waals surface area contributed by atoms with Gasteiger partial charge in [-0.2, -0.15) is 0 Å². The number of rotatable bonds is 28. The highest BCUT2D eigenvalue weighted by molar-refractivity contribution is 5.83. The van der Waals surface area contributed by atoms with E-state index in [1.165, 1.54) is 6.92 Å². The Balaban J connectivity index is 0.000000620. The summed E-state index contributed by atoms with van der Waals surface area (Å²) >= 11 is 0. The number of hydrogen-bond acceptors (Lipinski definition) is 25. The van der Waals surface area contributed by atoms with Gasteiger partial charge < -0.3 is 125 Å². The summed E-state index contributed by atoms with van der Waals surface area (Å²) in [6.07, 6.45) is -23.0. The second-order valence-corrected chi connectivity index (χ2v) is 17.4. The Hall–Kier alpha value is -3.05. The van der Waals surface area contributed by atoms with Gasteiger partial charge in [-0.1, -0.05) is 0 Å². The summed E-state index contributed by atoms with van der Waals surface area (Å²) in [5.74, 6) is -1.80. The van der Waals surface area contributed by atoms with Crippen molar-refractivity contribution in [2.45, 2.75) is 163 Å². The molecule has 71 heavy (non-hydrogen) atoms. The molecule has 28 nitrogen and oxygen atoms in total. The Morgan fingerprint density at radius 3 is 1.68 bits per heavy atom. The van der Waals surface area contributed by atoms with E-state index in [9.17, 15) is 80.1 Å². The first-order valence-corrected chi connectivity index (χ1v) is 23.7. The minimum absolute atomic E-state index is 0.00798. The Morgan fingerprint density at radius 1 is 0.606 bits per heavy atom. The molecule has 4 rings (SSSR count). The summed E-state index contributed by atoms with van der Waals surface area (Å²) in [6.45, 7) is 1.13. The fraction of sp³-hybridized carbons (Fsp3) is 0.884. The van der Waals surface area contributed by atoms with Gasteiger partial charge >= 0.3 is 0 Å². The van der Waals surface area contributed by atoms with Crippen molar-refractivity contribution in [3.05, 3.63) is 0 Å². The van der Waals surface area contributed by atoms with E-state index in [4.69, 9.17) is 37.9 Å². The third-order valence-electron chi connectivity index (χ3n) is 11.6. The lowest BCUT2D eigenvalue weighted by molar-refractivity contribution is -0.366. The van der Waals surface area contributed by atoms with Gasteiger partial charge in [-0.05, 0) is 46.2 Å². The first-order valence-electron chi connectivity index (χ1n) is 23.7. The molecule has 0 radical (unpaired) electrons. The number of ketones is 1. The van der Waals surface area contributed by atoms with Crippen LogP contribution in [0.4, 0.5) is 0 Å². The molecule has 0 bridgehead atoms. The summed E-state index contributed by atoms with van der Waals surface area (Å²) in [6, 6.07) is 0. The largest absolute Gasteiger partial charge is 0.394 e. The molecule has 0 aromatic carbocycles. The predicted octanol–water partition coefficient (Wildman–Crippen LogP) is -7.74. The van der Waals surface area contributed by atoms with Crippen LogP contribution in [-0.4, -0.2) is 263 Å². The van der Waals surface area contributed by atoms with E-state index in [0.29, 0.717) is 38.9 Å². The highest BCUT2D eigenvalue weighted by Gasteiger charge is 2.52. The molecule has 12 unspecified atom stereocenters. The zero-order valence-corrected chi connectivity index (χ0v) is 39.9. The number of nitrogens with one attached hydrogen (secondary N) is 4. The number of hydrogen-bond donors (Lipinski definition) is 15. The molecule has 18 atom stereocenters. The fourth-order valence-corrected chi connectivity index (χ4v) is 7.62. The van der Waals surface area contributed by atoms with Gasteiger partial charge in [0.05, 0.1) is 33.0 Å². The molecule has 3 amide bonds. The SMILES string of the molecule is CC(=O)CC(C=O)CC(=O)NCCCC(=O)NCCO[C@H]1OC(CO[C@H]2OC(CO)[C@@H](O)C(O)C2O)[C@@H](O)C(O[C@H]2OC(CO)[C@@H](O)C(O)C2O)C1O.CNCCCC(=O)NCCOC1OCCCC1O. The van der Waals surface area contributed by atoms with Crippen LogP contribution in [-0.2, 0) is 61.9 Å². The Morgan fingerprint density at radius 2 is 1.13 bits per heavy atom. The lowest BCUT2D eigenvalue weighted by Crippen LogP contribution is -2.65. The highest BCUT2D eigenvalue weighted by Crippen LogP contribution is 2.31. The number of aliphatic hydroxyl groups is 11. The third-order valence-corrected chi connectivity index (χ3v) is 11.6. The highest BCUT2D eigenvalue weighted by atomic mass is 16.8. The monoisotopic (exact) mass is 1030 g/mol. The van der Waals surface area contributed by atoms with E-state index in [1.54, 1.807) is 0 Å². The number of Topliss-reactive ketones (excluding diaryl/α,β-unsaturated/α-hetero) is 1. The van der Waals surface area contributed by atoms with Crippen molar-refractivity contribution in [3.8, 4) is 0 Å². The van der Waals surface area contributed by atoms with Crippen LogP contribution >= 0.6 is 0 Å². The molecule has 4 aliphatic rings. The molecule has 15 N–H and O–H groups in total. The van der Waals surface area contributed by atoms with Crippen LogP contribution in [0.1, 0.15) is 58.3 Å². The third kappa shape index (κ3) is 20.6. The molecule has 0 spiro atoms. The van der Waals surface area contributed by atoms with E-state index in [1.807, 2.05) is 7.05 Å². The molecular formula is C43H76N4O24. The molecule has 0 aliphatic carbocycles. The van der Waals surface area contributed by atoms with Crippen molar-refractivity contribution in [1.82, 2.24) is 21.3 Å². The topological polar surface area (TPSA) is 430 Å². The number of aliphatic hydroxyl groups excluding tert-OH is 11. The van der Waals surface area contributed by atoms with Gasteiger partial charge in [0.15, 0.2) is 25.2 Å². The van der Waals surface area contributed by atoms with Gasteiger partial charge in [0, 0.05) is 57.8 Å². The van der Waals surface area contributed by atoms with E-state index in [0.717, 1.165) is 19.4 Å². The maximum atomic E-state index is 12.3. The number of amides is 3. The molecule has 0 saturated carbocycles. The van der Waals surface area contributed by atoms with Crippen LogP contribution in [0, 0.1) is 5.92 Å². The molecule has 4 aliphatic heterocycles. The van der Waals surface area contributed by atoms with Crippen LogP contribution in [0.2, 0.25) is 0 Å². The quantitative estimate of drug-likeness (QED) is 0.0256. The minimum atomic E-state index is -1.92. The lowest BCUT2D eigenvalue weighted by Gasteiger charge is -2.46. The van der Waals surface area contributed by atoms with Crippen molar-refractivity contribution >= 4 is 29.8 Å². The summed E-state index contributed by atoms with van der Waals surface area (Å²) in [5.41, 5.74) is 0. The van der Waals surface area contributed by atoms with Crippen molar-refractivity contribution in [1.29, 1.82) is 0 Å². The second-order valence-electron chi connectivity index (χ2n) is 17.4. The first kappa shape index (κ1) is 62.2. The van der Waals surface area contributed by atoms with Gasteiger partial charge in [0.2, 0.25) is 17.7 Å². The average Bonchev–Trinajstić information content (AvgIpc) is 3.34. The number of ether oxygens (including phenoxy) is 8. The van der Waals surface area contributed by atoms with Crippen molar-refractivity contribution in [3.63, 3.8) is 0 Å². The first-order chi connectivity index (χ1) is 33.9. The van der Waals surface area contributed by atoms with Crippen LogP contribution in [0.15, 0.2) is 0 Å². The van der Waals surface area contributed by atoms with Crippen molar-refractivity contribution in [2.75, 3.05) is 72.9 Å². The van der Waals surface area contributed by atoms with Gasteiger partial charge in [0.1, 0.15) is 91.4 Å². The average molecular weight is 1030 g/mol. The second kappa shape index (κ2) is 33.0. The smallest absolute Gasteiger partial charge is 0.220 e. The van der Waals surface area contributed by atoms with Crippen molar-refractivity contribution in [2.24, 2.45) is 5.92 Å². The van der Waals surface area contributed by atoms with Crippen LogP contribution in [0.3, 0.4) is 0 Å².